The Bertz CT molecular complexity index is 2450. The van der Waals surface area contributed by atoms with Gasteiger partial charge in [0.25, 0.3) is 0 Å². The molecule has 0 radical (unpaired) electrons. The summed E-state index contributed by atoms with van der Waals surface area (Å²) >= 11 is 0. The molecule has 0 amide bonds. The maximum atomic E-state index is 6.15. The van der Waals surface area contributed by atoms with Crippen LogP contribution in [-0.2, 0) is 0 Å². The Morgan fingerprint density at radius 3 is 1.12 bits per heavy atom. The molecule has 1 heterocycles. The minimum atomic E-state index is 0.882. The molecule has 0 spiro atoms. The van der Waals surface area contributed by atoms with Crippen LogP contribution in [0.15, 0.2) is 217 Å². The first kappa shape index (κ1) is 31.1. The summed E-state index contributed by atoms with van der Waals surface area (Å²) in [5.41, 5.74) is 14.8. The van der Waals surface area contributed by atoms with E-state index in [2.05, 4.69) is 199 Å². The average Bonchev–Trinajstić information content (AvgIpc) is 3.67. The molecular weight excluding hydrogens is 631 g/mol. The monoisotopic (exact) mass is 665 g/mol. The van der Waals surface area contributed by atoms with Crippen LogP contribution in [0.5, 0.6) is 0 Å². The van der Waals surface area contributed by atoms with Crippen LogP contribution in [0.25, 0.3) is 66.8 Å². The van der Waals surface area contributed by atoms with Gasteiger partial charge in [-0.2, -0.15) is 0 Å². The number of anilines is 3. The number of furan rings is 1. The van der Waals surface area contributed by atoms with E-state index in [4.69, 9.17) is 4.42 Å². The number of benzene rings is 8. The molecular formula is C50H35NO. The lowest BCUT2D eigenvalue weighted by atomic mass is 9.98. The Balaban J connectivity index is 1.00. The maximum Gasteiger partial charge on any atom is 0.135 e. The highest BCUT2D eigenvalue weighted by Gasteiger charge is 2.14. The predicted molar refractivity (Wildman–Crippen MR) is 218 cm³/mol. The molecule has 0 atom stereocenters. The molecule has 0 fully saturated rings. The fourth-order valence-corrected chi connectivity index (χ4v) is 6.95. The third-order valence-electron chi connectivity index (χ3n) is 9.71. The van der Waals surface area contributed by atoms with E-state index in [1.165, 1.54) is 38.9 Å². The summed E-state index contributed by atoms with van der Waals surface area (Å²) in [7, 11) is 0. The lowest BCUT2D eigenvalue weighted by Crippen LogP contribution is -2.09. The van der Waals surface area contributed by atoms with E-state index in [0.717, 1.165) is 44.9 Å². The van der Waals surface area contributed by atoms with Crippen LogP contribution < -0.4 is 4.90 Å². The molecule has 9 aromatic rings. The van der Waals surface area contributed by atoms with Crippen molar-refractivity contribution in [1.82, 2.24) is 0 Å². The molecule has 0 saturated heterocycles. The molecule has 2 heteroatoms. The van der Waals surface area contributed by atoms with Gasteiger partial charge in [0.15, 0.2) is 0 Å². The topological polar surface area (TPSA) is 16.4 Å². The van der Waals surface area contributed by atoms with E-state index in [-0.39, 0.29) is 0 Å². The smallest absolute Gasteiger partial charge is 0.135 e. The number of hydrogen-bond donors (Lipinski definition) is 0. The Morgan fingerprint density at radius 2 is 0.635 bits per heavy atom. The molecule has 52 heavy (non-hydrogen) atoms. The Kier molecular flexibility index (Phi) is 8.24. The summed E-state index contributed by atoms with van der Waals surface area (Å²) < 4.78 is 6.15. The van der Waals surface area contributed by atoms with Gasteiger partial charge >= 0.3 is 0 Å². The summed E-state index contributed by atoms with van der Waals surface area (Å²) in [6, 6.07) is 75.2. The second-order valence-electron chi connectivity index (χ2n) is 13.0. The van der Waals surface area contributed by atoms with Crippen molar-refractivity contribution in [2.75, 3.05) is 4.90 Å². The summed E-state index contributed by atoms with van der Waals surface area (Å²) in [6.07, 6.45) is 0. The van der Waals surface area contributed by atoms with Crippen LogP contribution >= 0.6 is 0 Å². The summed E-state index contributed by atoms with van der Waals surface area (Å²) in [6.45, 7) is 0. The van der Waals surface area contributed by atoms with Gasteiger partial charge in [-0.15, -0.1) is 0 Å². The second kappa shape index (κ2) is 13.8. The summed E-state index contributed by atoms with van der Waals surface area (Å²) in [4.78, 5) is 2.32. The first-order valence-electron chi connectivity index (χ1n) is 17.7. The Morgan fingerprint density at radius 1 is 0.269 bits per heavy atom. The van der Waals surface area contributed by atoms with E-state index < -0.39 is 0 Å². The largest absolute Gasteiger partial charge is 0.456 e. The highest BCUT2D eigenvalue weighted by Crippen LogP contribution is 2.38. The van der Waals surface area contributed by atoms with Gasteiger partial charge < -0.3 is 9.32 Å². The molecule has 0 aliphatic heterocycles. The molecule has 8 aromatic carbocycles. The van der Waals surface area contributed by atoms with E-state index in [9.17, 15) is 0 Å². The van der Waals surface area contributed by atoms with Gasteiger partial charge in [0.2, 0.25) is 0 Å². The van der Waals surface area contributed by atoms with Crippen molar-refractivity contribution in [1.29, 1.82) is 0 Å². The van der Waals surface area contributed by atoms with Crippen molar-refractivity contribution in [3.05, 3.63) is 212 Å². The first-order valence-corrected chi connectivity index (χ1v) is 17.7. The highest BCUT2D eigenvalue weighted by atomic mass is 16.3. The molecule has 0 unspecified atom stereocenters. The predicted octanol–water partition coefficient (Wildman–Crippen LogP) is 14.2. The highest BCUT2D eigenvalue weighted by molar-refractivity contribution is 5.84. The minimum Gasteiger partial charge on any atom is -0.456 e. The quantitative estimate of drug-likeness (QED) is 0.161. The zero-order chi connectivity index (χ0) is 34.7. The van der Waals surface area contributed by atoms with Gasteiger partial charge in [0.05, 0.1) is 0 Å². The summed E-state index contributed by atoms with van der Waals surface area (Å²) in [5.74, 6) is 0.882. The van der Waals surface area contributed by atoms with Crippen molar-refractivity contribution in [3.63, 3.8) is 0 Å². The van der Waals surface area contributed by atoms with Crippen LogP contribution in [0.3, 0.4) is 0 Å². The zero-order valence-corrected chi connectivity index (χ0v) is 28.6. The van der Waals surface area contributed by atoms with E-state index in [0.29, 0.717) is 0 Å². The number of rotatable bonds is 8. The maximum absolute atomic E-state index is 6.15. The molecule has 0 aliphatic carbocycles. The molecule has 9 rings (SSSR count). The first-order chi connectivity index (χ1) is 25.7. The fourth-order valence-electron chi connectivity index (χ4n) is 6.95. The van der Waals surface area contributed by atoms with Crippen molar-refractivity contribution < 1.29 is 4.42 Å². The molecule has 0 saturated carbocycles. The lowest BCUT2D eigenvalue weighted by molar-refractivity contribution is 0.631. The minimum absolute atomic E-state index is 0.882. The third kappa shape index (κ3) is 6.30. The third-order valence-corrected chi connectivity index (χ3v) is 9.71. The van der Waals surface area contributed by atoms with Crippen molar-refractivity contribution in [3.8, 4) is 55.8 Å². The Labute approximate surface area is 304 Å². The van der Waals surface area contributed by atoms with Crippen LogP contribution in [0, 0.1) is 0 Å². The van der Waals surface area contributed by atoms with Gasteiger partial charge in [-0.05, 0) is 99.1 Å². The van der Waals surface area contributed by atoms with Crippen LogP contribution in [0.4, 0.5) is 17.1 Å². The van der Waals surface area contributed by atoms with Crippen molar-refractivity contribution in [2.24, 2.45) is 0 Å². The van der Waals surface area contributed by atoms with E-state index in [1.54, 1.807) is 0 Å². The van der Waals surface area contributed by atoms with E-state index >= 15 is 0 Å². The molecule has 0 N–H and O–H groups in total. The van der Waals surface area contributed by atoms with Crippen LogP contribution in [-0.4, -0.2) is 0 Å². The van der Waals surface area contributed by atoms with Gasteiger partial charge in [-0.25, -0.2) is 0 Å². The van der Waals surface area contributed by atoms with E-state index in [1.807, 2.05) is 18.2 Å². The number of nitrogens with zero attached hydrogens (tertiary/aromatic N) is 1. The number of fused-ring (bicyclic) bond motifs is 1. The van der Waals surface area contributed by atoms with Gasteiger partial charge in [-0.1, -0.05) is 158 Å². The fraction of sp³-hybridized carbons (Fsp3) is 0. The molecule has 2 nitrogen and oxygen atoms in total. The standard InChI is InChI=1S/C50H35NO/c1-3-10-36(11-4-1)39-22-28-46(29-23-39)51(47-30-24-40(25-31-47)37-12-5-2-6-13-37)48-32-26-41(27-33-48)38-18-20-42(21-19-38)43-15-9-16-44(34-43)50-35-45-14-7-8-17-49(45)52-50/h1-35H. The van der Waals surface area contributed by atoms with Crippen molar-refractivity contribution in [2.45, 2.75) is 0 Å². The SMILES string of the molecule is c1ccc(-c2ccc(N(c3ccc(-c4ccccc4)cc3)c3ccc(-c4ccc(-c5cccc(-c6cc7ccccc7o6)c5)cc4)cc3)cc2)cc1. The van der Waals surface area contributed by atoms with Gasteiger partial charge in [-0.3, -0.25) is 0 Å². The van der Waals surface area contributed by atoms with Crippen LogP contribution in [0.2, 0.25) is 0 Å². The van der Waals surface area contributed by atoms with Crippen molar-refractivity contribution >= 4 is 28.0 Å². The molecule has 246 valence electrons. The van der Waals surface area contributed by atoms with Crippen LogP contribution in [0.1, 0.15) is 0 Å². The number of para-hydroxylation sites is 1. The van der Waals surface area contributed by atoms with Gasteiger partial charge in [0, 0.05) is 28.0 Å². The zero-order valence-electron chi connectivity index (χ0n) is 28.6. The molecule has 1 aromatic heterocycles. The number of hydrogen-bond acceptors (Lipinski definition) is 2. The lowest BCUT2D eigenvalue weighted by Gasteiger charge is -2.26. The summed E-state index contributed by atoms with van der Waals surface area (Å²) in [5, 5.41) is 1.11. The Hall–Kier alpha value is -6.90. The van der Waals surface area contributed by atoms with Gasteiger partial charge in [0.1, 0.15) is 11.3 Å². The molecule has 0 aliphatic rings. The average molecular weight is 666 g/mol. The second-order valence-corrected chi connectivity index (χ2v) is 13.0. The normalized spacial score (nSPS) is 11.1. The molecule has 0 bridgehead atoms.